The Labute approximate surface area is 108 Å². The number of hydrogen-bond donors (Lipinski definition) is 0. The predicted octanol–water partition coefficient (Wildman–Crippen LogP) is 4.07. The second-order valence-corrected chi connectivity index (χ2v) is 4.39. The van der Waals surface area contributed by atoms with Gasteiger partial charge < -0.3 is 0 Å². The molecule has 0 spiro atoms. The standard InChI is InChI=1S/C14H9BrN2/c15-13-4-6-14(7-5-13)17-10-12-3-1-2-11(8-12)9-16/h1-8,10H. The zero-order chi connectivity index (χ0) is 12.1. The van der Waals surface area contributed by atoms with Crippen molar-refractivity contribution >= 4 is 27.8 Å². The lowest BCUT2D eigenvalue weighted by atomic mass is 10.1. The van der Waals surface area contributed by atoms with E-state index >= 15 is 0 Å². The second kappa shape index (κ2) is 5.42. The fourth-order valence-electron chi connectivity index (χ4n) is 1.36. The minimum absolute atomic E-state index is 0.643. The van der Waals surface area contributed by atoms with E-state index in [0.717, 1.165) is 15.7 Å². The first-order chi connectivity index (χ1) is 8.28. The molecular weight excluding hydrogens is 276 g/mol. The summed E-state index contributed by atoms with van der Waals surface area (Å²) in [6.07, 6.45) is 1.75. The van der Waals surface area contributed by atoms with Crippen molar-refractivity contribution in [1.29, 1.82) is 5.26 Å². The van der Waals surface area contributed by atoms with Gasteiger partial charge in [-0.05, 0) is 42.0 Å². The van der Waals surface area contributed by atoms with Gasteiger partial charge in [-0.2, -0.15) is 5.26 Å². The van der Waals surface area contributed by atoms with Gasteiger partial charge in [0.2, 0.25) is 0 Å². The van der Waals surface area contributed by atoms with Crippen LogP contribution in [-0.4, -0.2) is 6.21 Å². The van der Waals surface area contributed by atoms with E-state index in [1.165, 1.54) is 0 Å². The first-order valence-electron chi connectivity index (χ1n) is 5.08. The maximum atomic E-state index is 8.78. The lowest BCUT2D eigenvalue weighted by Crippen LogP contribution is -1.82. The molecule has 2 aromatic rings. The van der Waals surface area contributed by atoms with Crippen molar-refractivity contribution in [2.45, 2.75) is 0 Å². The highest BCUT2D eigenvalue weighted by Crippen LogP contribution is 2.16. The number of nitrogens with zero attached hydrogens (tertiary/aromatic N) is 2. The Balaban J connectivity index is 2.20. The van der Waals surface area contributed by atoms with Gasteiger partial charge in [0.15, 0.2) is 0 Å². The number of hydrogen-bond acceptors (Lipinski definition) is 2. The molecule has 2 rings (SSSR count). The molecule has 2 aromatic carbocycles. The van der Waals surface area contributed by atoms with E-state index in [-0.39, 0.29) is 0 Å². The average Bonchev–Trinajstić information content (AvgIpc) is 2.38. The summed E-state index contributed by atoms with van der Waals surface area (Å²) in [6.45, 7) is 0. The van der Waals surface area contributed by atoms with Crippen molar-refractivity contribution in [3.8, 4) is 6.07 Å². The molecule has 0 unspecified atom stereocenters. The van der Waals surface area contributed by atoms with E-state index in [2.05, 4.69) is 27.0 Å². The highest BCUT2D eigenvalue weighted by atomic mass is 79.9. The molecule has 0 saturated heterocycles. The Kier molecular flexibility index (Phi) is 3.69. The molecule has 0 aliphatic carbocycles. The van der Waals surface area contributed by atoms with Crippen LogP contribution in [0.2, 0.25) is 0 Å². The van der Waals surface area contributed by atoms with Crippen LogP contribution in [0.1, 0.15) is 11.1 Å². The van der Waals surface area contributed by atoms with E-state index in [9.17, 15) is 0 Å². The smallest absolute Gasteiger partial charge is 0.0991 e. The molecule has 0 aliphatic heterocycles. The molecule has 0 saturated carbocycles. The molecule has 3 heteroatoms. The van der Waals surface area contributed by atoms with Crippen LogP contribution in [0.5, 0.6) is 0 Å². The van der Waals surface area contributed by atoms with Crippen molar-refractivity contribution in [1.82, 2.24) is 0 Å². The topological polar surface area (TPSA) is 36.1 Å². The van der Waals surface area contributed by atoms with Crippen molar-refractivity contribution in [2.75, 3.05) is 0 Å². The summed E-state index contributed by atoms with van der Waals surface area (Å²) < 4.78 is 1.03. The zero-order valence-electron chi connectivity index (χ0n) is 8.97. The summed E-state index contributed by atoms with van der Waals surface area (Å²) >= 11 is 3.37. The van der Waals surface area contributed by atoms with Crippen LogP contribution in [0.3, 0.4) is 0 Å². The second-order valence-electron chi connectivity index (χ2n) is 3.47. The van der Waals surface area contributed by atoms with Crippen molar-refractivity contribution < 1.29 is 0 Å². The Morgan fingerprint density at radius 1 is 1.12 bits per heavy atom. The van der Waals surface area contributed by atoms with Crippen LogP contribution >= 0.6 is 15.9 Å². The summed E-state index contributed by atoms with van der Waals surface area (Å²) in [5.74, 6) is 0. The zero-order valence-corrected chi connectivity index (χ0v) is 10.6. The molecule has 0 N–H and O–H groups in total. The highest BCUT2D eigenvalue weighted by molar-refractivity contribution is 9.10. The van der Waals surface area contributed by atoms with Gasteiger partial charge in [0.05, 0.1) is 17.3 Å². The van der Waals surface area contributed by atoms with E-state index in [0.29, 0.717) is 5.56 Å². The van der Waals surface area contributed by atoms with Gasteiger partial charge in [0.25, 0.3) is 0 Å². The van der Waals surface area contributed by atoms with Crippen LogP contribution < -0.4 is 0 Å². The van der Waals surface area contributed by atoms with Gasteiger partial charge in [-0.3, -0.25) is 4.99 Å². The van der Waals surface area contributed by atoms with Crippen LogP contribution in [0.25, 0.3) is 0 Å². The quantitative estimate of drug-likeness (QED) is 0.766. The summed E-state index contributed by atoms with van der Waals surface area (Å²) in [6, 6.07) is 17.2. The van der Waals surface area contributed by atoms with Crippen LogP contribution in [0, 0.1) is 11.3 Å². The number of benzene rings is 2. The van der Waals surface area contributed by atoms with Gasteiger partial charge in [-0.1, -0.05) is 28.1 Å². The molecule has 17 heavy (non-hydrogen) atoms. The Hall–Kier alpha value is -1.92. The SMILES string of the molecule is N#Cc1cccc(C=Nc2ccc(Br)cc2)c1. The van der Waals surface area contributed by atoms with Gasteiger partial charge in [0.1, 0.15) is 0 Å². The Bertz CT molecular complexity index is 580. The fourth-order valence-corrected chi connectivity index (χ4v) is 1.63. The maximum absolute atomic E-state index is 8.78. The summed E-state index contributed by atoms with van der Waals surface area (Å²) in [5.41, 5.74) is 2.45. The summed E-state index contributed by atoms with van der Waals surface area (Å²) in [5, 5.41) is 8.78. The average molecular weight is 285 g/mol. The summed E-state index contributed by atoms with van der Waals surface area (Å²) in [4.78, 5) is 4.34. The predicted molar refractivity (Wildman–Crippen MR) is 72.6 cm³/mol. The van der Waals surface area contributed by atoms with E-state index < -0.39 is 0 Å². The molecule has 0 aromatic heterocycles. The van der Waals surface area contributed by atoms with Crippen molar-refractivity contribution in [3.05, 3.63) is 64.1 Å². The summed E-state index contributed by atoms with van der Waals surface area (Å²) in [7, 11) is 0. The first-order valence-corrected chi connectivity index (χ1v) is 5.87. The molecule has 0 atom stereocenters. The lowest BCUT2D eigenvalue weighted by molar-refractivity contribution is 1.47. The highest BCUT2D eigenvalue weighted by Gasteiger charge is 1.92. The normalized spacial score (nSPS) is 10.4. The molecular formula is C14H9BrN2. The fraction of sp³-hybridized carbons (Fsp3) is 0. The lowest BCUT2D eigenvalue weighted by Gasteiger charge is -1.95. The van der Waals surface area contributed by atoms with E-state index in [1.807, 2.05) is 42.5 Å². The molecule has 82 valence electrons. The van der Waals surface area contributed by atoms with Crippen LogP contribution in [-0.2, 0) is 0 Å². The molecule has 0 fully saturated rings. The molecule has 2 nitrogen and oxygen atoms in total. The van der Waals surface area contributed by atoms with Gasteiger partial charge in [-0.15, -0.1) is 0 Å². The first kappa shape index (κ1) is 11.6. The minimum Gasteiger partial charge on any atom is -0.256 e. The third-order valence-electron chi connectivity index (χ3n) is 2.21. The molecule has 0 bridgehead atoms. The molecule has 0 aliphatic rings. The monoisotopic (exact) mass is 284 g/mol. The van der Waals surface area contributed by atoms with E-state index in [1.54, 1.807) is 12.3 Å². The molecule has 0 heterocycles. The number of rotatable bonds is 2. The van der Waals surface area contributed by atoms with Crippen LogP contribution in [0.4, 0.5) is 5.69 Å². The third kappa shape index (κ3) is 3.27. The van der Waals surface area contributed by atoms with Crippen molar-refractivity contribution in [2.24, 2.45) is 4.99 Å². The number of halogens is 1. The third-order valence-corrected chi connectivity index (χ3v) is 2.73. The van der Waals surface area contributed by atoms with Gasteiger partial charge >= 0.3 is 0 Å². The van der Waals surface area contributed by atoms with Crippen molar-refractivity contribution in [3.63, 3.8) is 0 Å². The minimum atomic E-state index is 0.643. The molecule has 0 radical (unpaired) electrons. The largest absolute Gasteiger partial charge is 0.256 e. The molecule has 0 amide bonds. The number of aliphatic imine (C=N–C) groups is 1. The Morgan fingerprint density at radius 3 is 2.59 bits per heavy atom. The Morgan fingerprint density at radius 2 is 1.88 bits per heavy atom. The maximum Gasteiger partial charge on any atom is 0.0991 e. The van der Waals surface area contributed by atoms with E-state index in [4.69, 9.17) is 5.26 Å². The van der Waals surface area contributed by atoms with Crippen LogP contribution in [0.15, 0.2) is 58.0 Å². The number of nitriles is 1. The van der Waals surface area contributed by atoms with Gasteiger partial charge in [-0.25, -0.2) is 0 Å². The van der Waals surface area contributed by atoms with Gasteiger partial charge in [0, 0.05) is 10.7 Å².